The number of imidazole rings is 2. The zero-order valence-electron chi connectivity index (χ0n) is 16.0. The fraction of sp³-hybridized carbons (Fsp3) is 0.333. The molecule has 4 aromatic heterocycles. The lowest BCUT2D eigenvalue weighted by atomic mass is 10.1. The Bertz CT molecular complexity index is 1330. The Morgan fingerprint density at radius 3 is 2.75 bits per heavy atom. The van der Waals surface area contributed by atoms with E-state index in [2.05, 4.69) is 29.9 Å². The van der Waals surface area contributed by atoms with E-state index in [4.69, 9.17) is 19.6 Å². The number of nitrogen functional groups attached to an aromatic ring is 1. The summed E-state index contributed by atoms with van der Waals surface area (Å²) in [4.78, 5) is 33.7. The highest BCUT2D eigenvalue weighted by atomic mass is 31.2. The maximum absolute atomic E-state index is 12.4. The number of hydrogen-bond donors (Lipinski definition) is 4. The minimum absolute atomic E-state index is 0.136. The van der Waals surface area contributed by atoms with Crippen LogP contribution in [0.15, 0.2) is 31.5 Å². The standard InChI is InChI=1S/C15H16N9O7P/c16-12-9-14(20-4-18-12)23(5-22-9)15-11(26)10(25)8(30-15)2-29-32(27,28)31-24-6-21-7-1-17-3-19-13(7)24/h1,3-6,8,10-11,15,25-26H,2H2,(H,27,28)(H2,16,18,20)/t8-,10-,11-,15-/m1/s1. The van der Waals surface area contributed by atoms with Crippen LogP contribution in [0.4, 0.5) is 5.82 Å². The topological polar surface area (TPSA) is 219 Å². The number of aliphatic hydroxyl groups is 2. The van der Waals surface area contributed by atoms with Crippen molar-refractivity contribution in [3.05, 3.63) is 31.5 Å². The van der Waals surface area contributed by atoms with Gasteiger partial charge in [0.15, 0.2) is 23.3 Å². The van der Waals surface area contributed by atoms with Crippen molar-refractivity contribution in [2.45, 2.75) is 24.5 Å². The molecule has 1 unspecified atom stereocenters. The van der Waals surface area contributed by atoms with Gasteiger partial charge in [0.25, 0.3) is 0 Å². The highest BCUT2D eigenvalue weighted by molar-refractivity contribution is 7.47. The van der Waals surface area contributed by atoms with E-state index in [1.807, 2.05) is 0 Å². The number of phosphoric acid groups is 1. The van der Waals surface area contributed by atoms with E-state index < -0.39 is 39.0 Å². The molecule has 32 heavy (non-hydrogen) atoms. The van der Waals surface area contributed by atoms with Crippen molar-refractivity contribution in [2.24, 2.45) is 0 Å². The summed E-state index contributed by atoms with van der Waals surface area (Å²) in [6.07, 6.45) is 1.16. The number of nitrogens with two attached hydrogens (primary N) is 1. The number of fused-ring (bicyclic) bond motifs is 2. The molecular formula is C15H16N9O7P. The van der Waals surface area contributed by atoms with E-state index in [1.54, 1.807) is 0 Å². The number of phosphoric ester groups is 1. The Balaban J connectivity index is 1.29. The van der Waals surface area contributed by atoms with Crippen molar-refractivity contribution in [1.82, 2.24) is 39.2 Å². The summed E-state index contributed by atoms with van der Waals surface area (Å²) >= 11 is 0. The van der Waals surface area contributed by atoms with Gasteiger partial charge >= 0.3 is 7.82 Å². The average Bonchev–Trinajstić information content (AvgIpc) is 3.45. The van der Waals surface area contributed by atoms with Crippen LogP contribution in [-0.2, 0) is 13.8 Å². The molecule has 1 saturated heterocycles. The quantitative estimate of drug-likeness (QED) is 0.236. The van der Waals surface area contributed by atoms with Gasteiger partial charge < -0.3 is 25.3 Å². The van der Waals surface area contributed by atoms with Gasteiger partial charge in [0.05, 0.1) is 19.1 Å². The highest BCUT2D eigenvalue weighted by Crippen LogP contribution is 2.41. The van der Waals surface area contributed by atoms with Gasteiger partial charge in [-0.25, -0.2) is 34.5 Å². The maximum Gasteiger partial charge on any atom is 0.546 e. The van der Waals surface area contributed by atoms with Gasteiger partial charge in [-0.3, -0.25) is 14.0 Å². The molecule has 16 nitrogen and oxygen atoms in total. The average molecular weight is 465 g/mol. The first kappa shape index (κ1) is 20.6. The molecule has 0 bridgehead atoms. The third kappa shape index (κ3) is 3.54. The molecule has 0 radical (unpaired) electrons. The van der Waals surface area contributed by atoms with Gasteiger partial charge in [-0.05, 0) is 0 Å². The molecule has 0 amide bonds. The summed E-state index contributed by atoms with van der Waals surface area (Å²) in [5.41, 5.74) is 6.82. The lowest BCUT2D eigenvalue weighted by Gasteiger charge is -2.17. The lowest BCUT2D eigenvalue weighted by molar-refractivity contribution is -0.0514. The number of aromatic nitrogens is 8. The molecule has 0 aromatic carbocycles. The van der Waals surface area contributed by atoms with Crippen molar-refractivity contribution in [2.75, 3.05) is 12.3 Å². The van der Waals surface area contributed by atoms with Crippen LogP contribution in [0.25, 0.3) is 22.3 Å². The summed E-state index contributed by atoms with van der Waals surface area (Å²) < 4.78 is 30.2. The molecular weight excluding hydrogens is 449 g/mol. The summed E-state index contributed by atoms with van der Waals surface area (Å²) in [6, 6.07) is 0. The Morgan fingerprint density at radius 1 is 1.09 bits per heavy atom. The zero-order chi connectivity index (χ0) is 22.5. The Labute approximate surface area is 177 Å². The molecule has 0 aliphatic carbocycles. The lowest BCUT2D eigenvalue weighted by Crippen LogP contribution is -2.33. The molecule has 4 aromatic rings. The van der Waals surface area contributed by atoms with Crippen molar-refractivity contribution in [3.63, 3.8) is 0 Å². The Kier molecular flexibility index (Phi) is 4.96. The van der Waals surface area contributed by atoms with Crippen LogP contribution in [0, 0.1) is 0 Å². The van der Waals surface area contributed by atoms with Gasteiger partial charge in [0.2, 0.25) is 0 Å². The van der Waals surface area contributed by atoms with E-state index >= 15 is 0 Å². The van der Waals surface area contributed by atoms with Crippen molar-refractivity contribution >= 4 is 36.0 Å². The first-order chi connectivity index (χ1) is 15.3. The molecule has 0 saturated carbocycles. The van der Waals surface area contributed by atoms with Gasteiger partial charge in [-0.15, -0.1) is 4.73 Å². The smallest absolute Gasteiger partial charge is 0.387 e. The number of rotatable bonds is 6. The van der Waals surface area contributed by atoms with Crippen LogP contribution < -0.4 is 10.4 Å². The van der Waals surface area contributed by atoms with Gasteiger partial charge in [-0.1, -0.05) is 0 Å². The summed E-state index contributed by atoms with van der Waals surface area (Å²) in [5, 5.41) is 20.8. The molecule has 0 spiro atoms. The van der Waals surface area contributed by atoms with Crippen LogP contribution in [0.2, 0.25) is 0 Å². The van der Waals surface area contributed by atoms with Crippen LogP contribution in [-0.4, -0.2) is 79.2 Å². The number of aliphatic hydroxyl groups excluding tert-OH is 2. The van der Waals surface area contributed by atoms with E-state index in [-0.39, 0.29) is 17.1 Å². The molecule has 5 N–H and O–H groups in total. The minimum Gasteiger partial charge on any atom is -0.387 e. The van der Waals surface area contributed by atoms with Crippen LogP contribution in [0.3, 0.4) is 0 Å². The fourth-order valence-corrected chi connectivity index (χ4v) is 3.99. The second-order valence-electron chi connectivity index (χ2n) is 6.78. The van der Waals surface area contributed by atoms with E-state index in [9.17, 15) is 19.7 Å². The normalized spacial score (nSPS) is 25.3. The maximum atomic E-state index is 12.4. The van der Waals surface area contributed by atoms with Gasteiger partial charge in [-0.2, -0.15) is 0 Å². The van der Waals surface area contributed by atoms with Crippen molar-refractivity contribution in [3.8, 4) is 0 Å². The third-order valence-corrected chi connectivity index (χ3v) is 5.63. The predicted octanol–water partition coefficient (Wildman–Crippen LogP) is -1.59. The zero-order valence-corrected chi connectivity index (χ0v) is 16.9. The monoisotopic (exact) mass is 465 g/mol. The predicted molar refractivity (Wildman–Crippen MR) is 103 cm³/mol. The second kappa shape index (κ2) is 7.70. The summed E-state index contributed by atoms with van der Waals surface area (Å²) in [7, 11) is -4.68. The summed E-state index contributed by atoms with van der Waals surface area (Å²) in [5.74, 6) is 0.136. The molecule has 168 valence electrons. The van der Waals surface area contributed by atoms with E-state index in [0.717, 1.165) is 11.1 Å². The molecule has 1 aliphatic rings. The van der Waals surface area contributed by atoms with Crippen LogP contribution in [0.5, 0.6) is 0 Å². The number of nitrogens with zero attached hydrogens (tertiary/aromatic N) is 8. The molecule has 1 aliphatic heterocycles. The van der Waals surface area contributed by atoms with Crippen molar-refractivity contribution < 1.29 is 33.6 Å². The van der Waals surface area contributed by atoms with Gasteiger partial charge in [0.1, 0.15) is 48.3 Å². The van der Waals surface area contributed by atoms with Crippen LogP contribution in [0.1, 0.15) is 6.23 Å². The molecule has 1 fully saturated rings. The molecule has 5 atom stereocenters. The highest BCUT2D eigenvalue weighted by Gasteiger charge is 2.45. The Morgan fingerprint density at radius 2 is 1.91 bits per heavy atom. The fourth-order valence-electron chi connectivity index (χ4n) is 3.26. The number of hydrogen-bond acceptors (Lipinski definition) is 13. The number of anilines is 1. The van der Waals surface area contributed by atoms with E-state index in [0.29, 0.717) is 11.0 Å². The third-order valence-electron chi connectivity index (χ3n) is 4.77. The van der Waals surface area contributed by atoms with Crippen LogP contribution >= 0.6 is 7.82 Å². The SMILES string of the molecule is Nc1ncnc2c1ncn2[C@@H]1O[C@H](COP(=O)(O)On2cnc3cncnc32)[C@@H](O)[C@H]1O. The van der Waals surface area contributed by atoms with Gasteiger partial charge in [0, 0.05) is 0 Å². The first-order valence-corrected chi connectivity index (χ1v) is 10.6. The Hall–Kier alpha value is -3.27. The first-order valence-electron chi connectivity index (χ1n) is 9.09. The molecule has 17 heteroatoms. The molecule has 5 heterocycles. The minimum atomic E-state index is -4.68. The molecule has 5 rings (SSSR count). The van der Waals surface area contributed by atoms with Crippen molar-refractivity contribution in [1.29, 1.82) is 0 Å². The summed E-state index contributed by atoms with van der Waals surface area (Å²) in [6.45, 7) is -0.576. The second-order valence-corrected chi connectivity index (χ2v) is 8.14. The largest absolute Gasteiger partial charge is 0.546 e. The number of ether oxygens (including phenoxy) is 1. The van der Waals surface area contributed by atoms with E-state index in [1.165, 1.54) is 29.7 Å².